The first-order chi connectivity index (χ1) is 31.3. The summed E-state index contributed by atoms with van der Waals surface area (Å²) in [6, 6.07) is 28.0. The summed E-state index contributed by atoms with van der Waals surface area (Å²) in [7, 11) is 0. The third-order valence-electron chi connectivity index (χ3n) is 9.51. The molecule has 0 radical (unpaired) electrons. The number of amides is 1. The predicted molar refractivity (Wildman–Crippen MR) is 241 cm³/mol. The second-order valence-corrected chi connectivity index (χ2v) is 14.3. The zero-order valence-corrected chi connectivity index (χ0v) is 37.5. The highest BCUT2D eigenvalue weighted by Crippen LogP contribution is 2.27. The van der Waals surface area contributed by atoms with E-state index in [9.17, 15) is 18.4 Å². The molecule has 0 aliphatic carbocycles. The van der Waals surface area contributed by atoms with E-state index in [2.05, 4.69) is 45.4 Å². The molecule has 67 heavy (non-hydrogen) atoms. The number of carboxylic acid groups (broad SMARTS) is 1. The Kier molecular flexibility index (Phi) is 14.9. The van der Waals surface area contributed by atoms with Crippen molar-refractivity contribution in [1.82, 2.24) is 49.1 Å². The van der Waals surface area contributed by atoms with Crippen LogP contribution in [0.3, 0.4) is 0 Å². The normalized spacial score (nSPS) is 10.5. The van der Waals surface area contributed by atoms with Gasteiger partial charge in [0, 0.05) is 61.1 Å². The zero-order valence-electron chi connectivity index (χ0n) is 35.3. The van der Waals surface area contributed by atoms with Gasteiger partial charge in [-0.25, -0.2) is 42.5 Å². The molecule has 0 saturated carbocycles. The van der Waals surface area contributed by atoms with Gasteiger partial charge in [0.2, 0.25) is 11.5 Å². The number of carbonyl (C=O) groups excluding carboxylic acids is 1. The Bertz CT molecular complexity index is 3360. The SMILES string of the molecule is C.Cc1nc(C)c(C(=O)Nc2ccc(F)c(-c3nc4ncc(-c5ccccc5)cn4n3)c2)o1.Cc1nc(C)c(C(=O)O)o1.Nc1ccc(F)c(-c2nc3ncc(-c4ccccc4)cn3n2)c1.[I-]. The number of oxazole rings is 2. The average Bonchev–Trinajstić information content (AvgIpc) is 4.10. The third-order valence-corrected chi connectivity index (χ3v) is 9.51. The summed E-state index contributed by atoms with van der Waals surface area (Å²) in [5.74, 6) is -0.519. The van der Waals surface area contributed by atoms with Gasteiger partial charge in [0.05, 0.1) is 22.5 Å². The Morgan fingerprint density at radius 1 is 0.627 bits per heavy atom. The molecule has 0 bridgehead atoms. The molecule has 0 spiro atoms. The van der Waals surface area contributed by atoms with Crippen LogP contribution in [0.15, 0.2) is 131 Å². The maximum atomic E-state index is 14.6. The topological polar surface area (TPSA) is 231 Å². The first kappa shape index (κ1) is 48.2. The summed E-state index contributed by atoms with van der Waals surface area (Å²) in [6.45, 7) is 6.55. The second-order valence-electron chi connectivity index (χ2n) is 14.3. The number of nitrogens with one attached hydrogen (secondary N) is 1. The van der Waals surface area contributed by atoms with Crippen molar-refractivity contribution in [3.05, 3.63) is 168 Å². The van der Waals surface area contributed by atoms with Gasteiger partial charge in [-0.2, -0.15) is 9.97 Å². The van der Waals surface area contributed by atoms with E-state index in [4.69, 9.17) is 19.7 Å². The summed E-state index contributed by atoms with van der Waals surface area (Å²) < 4.78 is 41.7. The van der Waals surface area contributed by atoms with Crippen LogP contribution in [-0.4, -0.2) is 66.1 Å². The predicted octanol–water partition coefficient (Wildman–Crippen LogP) is 6.26. The largest absolute Gasteiger partial charge is 1.00 e. The van der Waals surface area contributed by atoms with Gasteiger partial charge in [-0.05, 0) is 61.4 Å². The lowest BCUT2D eigenvalue weighted by molar-refractivity contribution is -0.0000382. The number of rotatable bonds is 7. The average molecular weight is 1020 g/mol. The van der Waals surface area contributed by atoms with E-state index in [1.54, 1.807) is 50.8 Å². The van der Waals surface area contributed by atoms with Gasteiger partial charge in [0.25, 0.3) is 17.5 Å². The van der Waals surface area contributed by atoms with Gasteiger partial charge in [-0.15, -0.1) is 10.2 Å². The van der Waals surface area contributed by atoms with E-state index in [-0.39, 0.29) is 65.7 Å². The Morgan fingerprint density at radius 3 is 1.54 bits per heavy atom. The molecule has 340 valence electrons. The van der Waals surface area contributed by atoms with E-state index < -0.39 is 23.5 Å². The lowest BCUT2D eigenvalue weighted by Gasteiger charge is -2.06. The van der Waals surface area contributed by atoms with Gasteiger partial charge in [0.1, 0.15) is 11.6 Å². The van der Waals surface area contributed by atoms with Crippen molar-refractivity contribution in [3.8, 4) is 45.0 Å². The van der Waals surface area contributed by atoms with Gasteiger partial charge in [-0.3, -0.25) is 4.79 Å². The number of aromatic nitrogens is 10. The van der Waals surface area contributed by atoms with Crippen molar-refractivity contribution in [2.45, 2.75) is 35.1 Å². The van der Waals surface area contributed by atoms with Crippen LogP contribution in [0.5, 0.6) is 0 Å². The minimum atomic E-state index is -1.07. The van der Waals surface area contributed by atoms with Crippen LogP contribution >= 0.6 is 0 Å². The monoisotopic (exact) mass is 1020 g/mol. The molecular formula is C47H40F2IN12O5-. The number of nitrogens with zero attached hydrogens (tertiary/aromatic N) is 10. The molecule has 0 unspecified atom stereocenters. The number of halogens is 3. The second kappa shape index (κ2) is 20.7. The smallest absolute Gasteiger partial charge is 0.373 e. The molecule has 4 aromatic carbocycles. The molecule has 1 amide bonds. The quantitative estimate of drug-likeness (QED) is 0.118. The van der Waals surface area contributed by atoms with Gasteiger partial charge in [0.15, 0.2) is 23.4 Å². The highest BCUT2D eigenvalue weighted by molar-refractivity contribution is 6.03. The first-order valence-corrected chi connectivity index (χ1v) is 19.6. The van der Waals surface area contributed by atoms with E-state index in [0.717, 1.165) is 22.3 Å². The van der Waals surface area contributed by atoms with Gasteiger partial charge in [-0.1, -0.05) is 68.1 Å². The highest BCUT2D eigenvalue weighted by atomic mass is 127. The highest BCUT2D eigenvalue weighted by Gasteiger charge is 2.19. The molecule has 0 aliphatic rings. The molecular weight excluding hydrogens is 977 g/mol. The van der Waals surface area contributed by atoms with Crippen LogP contribution < -0.4 is 35.0 Å². The van der Waals surface area contributed by atoms with Crippen LogP contribution in [0.25, 0.3) is 56.6 Å². The summed E-state index contributed by atoms with van der Waals surface area (Å²) in [5, 5.41) is 19.8. The molecule has 0 aliphatic heterocycles. The maximum Gasteiger partial charge on any atom is 0.373 e. The van der Waals surface area contributed by atoms with Crippen molar-refractivity contribution in [1.29, 1.82) is 0 Å². The Morgan fingerprint density at radius 2 is 1.09 bits per heavy atom. The number of hydrogen-bond acceptors (Lipinski definition) is 13. The van der Waals surface area contributed by atoms with Crippen LogP contribution in [-0.2, 0) is 0 Å². The number of fused-ring (bicyclic) bond motifs is 2. The Labute approximate surface area is 397 Å². The van der Waals surface area contributed by atoms with Crippen LogP contribution in [0.2, 0.25) is 0 Å². The standard InChI is InChI=1S/C23H17FN6O2.C17H12FN5.C6H7NO3.CH4.HI/c1-13-20(32-14(2)26-13)22(31)27-17-8-9-19(24)18(10-17)21-28-23-25-11-16(12-30(23)29-21)15-6-4-3-5-7-15;18-15-7-6-13(19)8-14(15)16-21-17-20-9-12(10-23(17)22-16)11-4-2-1-3-5-11;1-3-5(6(8)9)10-4(2)7-3;;/h3-12H,1-2H3,(H,27,31);1-10H,19H2;1-2H3,(H,8,9);1H4;1H/p-1. The minimum Gasteiger partial charge on any atom is -1.00 e. The molecule has 6 aromatic heterocycles. The molecule has 0 fully saturated rings. The third kappa shape index (κ3) is 11.0. The molecule has 4 N–H and O–H groups in total. The van der Waals surface area contributed by atoms with Crippen molar-refractivity contribution < 1.29 is 56.3 Å². The molecule has 0 saturated heterocycles. The number of benzene rings is 4. The fraction of sp³-hybridized carbons (Fsp3) is 0.106. The van der Waals surface area contributed by atoms with E-state index in [1.165, 1.54) is 40.9 Å². The van der Waals surface area contributed by atoms with E-state index in [0.29, 0.717) is 46.1 Å². The summed E-state index contributed by atoms with van der Waals surface area (Å²) >= 11 is 0. The molecule has 10 rings (SSSR count). The number of nitrogens with two attached hydrogens (primary N) is 1. The summed E-state index contributed by atoms with van der Waals surface area (Å²) in [4.78, 5) is 47.9. The van der Waals surface area contributed by atoms with Crippen molar-refractivity contribution in [3.63, 3.8) is 0 Å². The number of carbonyl (C=O) groups is 2. The van der Waals surface area contributed by atoms with E-state index in [1.807, 2.05) is 66.9 Å². The lowest BCUT2D eigenvalue weighted by atomic mass is 10.1. The number of anilines is 2. The number of nitrogen functional groups attached to an aromatic ring is 1. The number of aromatic carboxylic acids is 1. The van der Waals surface area contributed by atoms with Crippen LogP contribution in [0, 0.1) is 39.3 Å². The van der Waals surface area contributed by atoms with Gasteiger partial charge < -0.3 is 49.0 Å². The van der Waals surface area contributed by atoms with Crippen molar-refractivity contribution in [2.24, 2.45) is 0 Å². The molecule has 17 nitrogen and oxygen atoms in total. The molecule has 0 atom stereocenters. The molecule has 10 aromatic rings. The summed E-state index contributed by atoms with van der Waals surface area (Å²) in [6.07, 6.45) is 7.02. The minimum absolute atomic E-state index is 0. The summed E-state index contributed by atoms with van der Waals surface area (Å²) in [5.41, 5.74) is 11.6. The van der Waals surface area contributed by atoms with E-state index >= 15 is 0 Å². The Hall–Kier alpha value is -8.27. The number of carboxylic acids is 1. The van der Waals surface area contributed by atoms with Crippen molar-refractivity contribution in [2.75, 3.05) is 11.1 Å². The van der Waals surface area contributed by atoms with Gasteiger partial charge >= 0.3 is 5.97 Å². The molecule has 20 heteroatoms. The Balaban J connectivity index is 0.000000185. The number of hydrogen-bond donors (Lipinski definition) is 3. The fourth-order valence-corrected chi connectivity index (χ4v) is 6.50. The lowest BCUT2D eigenvalue weighted by Crippen LogP contribution is -3.00. The van der Waals surface area contributed by atoms with Crippen LogP contribution in [0.1, 0.15) is 51.7 Å². The first-order valence-electron chi connectivity index (χ1n) is 19.6. The fourth-order valence-electron chi connectivity index (χ4n) is 6.50. The molecule has 6 heterocycles. The van der Waals surface area contributed by atoms with Crippen molar-refractivity contribution >= 4 is 34.8 Å². The van der Waals surface area contributed by atoms with Crippen LogP contribution in [0.4, 0.5) is 20.2 Å². The number of aryl methyl sites for hydroxylation is 4. The maximum absolute atomic E-state index is 14.6. The zero-order chi connectivity index (χ0) is 45.8.